The summed E-state index contributed by atoms with van der Waals surface area (Å²) in [7, 11) is 0. The van der Waals surface area contributed by atoms with Crippen molar-refractivity contribution in [1.29, 1.82) is 0 Å². The summed E-state index contributed by atoms with van der Waals surface area (Å²) in [5, 5.41) is 0.445. The minimum absolute atomic E-state index is 0.301. The lowest BCUT2D eigenvalue weighted by Gasteiger charge is -2.09. The summed E-state index contributed by atoms with van der Waals surface area (Å²) >= 11 is 1.28. The van der Waals surface area contributed by atoms with E-state index in [0.29, 0.717) is 34.5 Å². The average Bonchev–Trinajstić information content (AvgIpc) is 2.62. The Balaban J connectivity index is 1.77. The molecule has 0 unspecified atom stereocenters. The summed E-state index contributed by atoms with van der Waals surface area (Å²) in [6, 6.07) is 11.2. The van der Waals surface area contributed by atoms with Crippen molar-refractivity contribution >= 4 is 11.8 Å². The van der Waals surface area contributed by atoms with Crippen LogP contribution in [0.4, 0.5) is 13.2 Å². The zero-order valence-electron chi connectivity index (χ0n) is 13.9. The summed E-state index contributed by atoms with van der Waals surface area (Å²) in [6.07, 6.45) is 0.667. The van der Waals surface area contributed by atoms with Crippen LogP contribution in [-0.2, 0) is 12.2 Å². The van der Waals surface area contributed by atoms with Gasteiger partial charge in [0, 0.05) is 23.6 Å². The molecular formula is C19H15F3N2OS. The van der Waals surface area contributed by atoms with Crippen molar-refractivity contribution < 1.29 is 17.9 Å². The second-order valence-electron chi connectivity index (χ2n) is 5.43. The predicted octanol–water partition coefficient (Wildman–Crippen LogP) is 5.54. The Morgan fingerprint density at radius 3 is 2.54 bits per heavy atom. The fourth-order valence-corrected chi connectivity index (χ4v) is 2.99. The smallest absolute Gasteiger partial charge is 0.223 e. The Hall–Kier alpha value is -2.54. The van der Waals surface area contributed by atoms with Gasteiger partial charge in [0.25, 0.3) is 0 Å². The molecule has 3 nitrogen and oxygen atoms in total. The normalized spacial score (nSPS) is 10.8. The van der Waals surface area contributed by atoms with Crippen LogP contribution < -0.4 is 4.74 Å². The molecule has 7 heteroatoms. The third kappa shape index (κ3) is 4.76. The first-order valence-electron chi connectivity index (χ1n) is 7.91. The molecule has 0 N–H and O–H groups in total. The van der Waals surface area contributed by atoms with Crippen LogP contribution in [0, 0.1) is 17.5 Å². The maximum Gasteiger partial charge on any atom is 0.223 e. The quantitative estimate of drug-likeness (QED) is 0.418. The van der Waals surface area contributed by atoms with Crippen LogP contribution in [0.15, 0.2) is 53.7 Å². The molecule has 0 spiro atoms. The molecule has 1 aromatic heterocycles. The van der Waals surface area contributed by atoms with Crippen molar-refractivity contribution in [2.45, 2.75) is 24.3 Å². The standard InChI is InChI=1S/C19H15F3N2OS/c1-2-14-10-18(25-15-5-3-4-13(20)9-15)24-19(23-14)26-11-12-6-7-16(21)17(22)8-12/h3-10H,2,11H2,1H3. The Morgan fingerprint density at radius 1 is 0.962 bits per heavy atom. The molecule has 0 radical (unpaired) electrons. The number of hydrogen-bond acceptors (Lipinski definition) is 4. The lowest BCUT2D eigenvalue weighted by molar-refractivity contribution is 0.449. The van der Waals surface area contributed by atoms with Crippen molar-refractivity contribution in [3.8, 4) is 11.6 Å². The molecule has 3 rings (SSSR count). The maximum atomic E-state index is 13.3. The summed E-state index contributed by atoms with van der Waals surface area (Å²) in [5.74, 6) is -1.16. The molecule has 0 fully saturated rings. The van der Waals surface area contributed by atoms with Crippen LogP contribution in [0.25, 0.3) is 0 Å². The molecule has 0 saturated carbocycles. The molecule has 3 aromatic rings. The van der Waals surface area contributed by atoms with E-state index < -0.39 is 17.5 Å². The first-order chi connectivity index (χ1) is 12.5. The Kier molecular flexibility index (Phi) is 5.78. The maximum absolute atomic E-state index is 13.3. The Labute approximate surface area is 153 Å². The fourth-order valence-electron chi connectivity index (χ4n) is 2.18. The molecule has 2 aromatic carbocycles. The second kappa shape index (κ2) is 8.23. The van der Waals surface area contributed by atoms with E-state index in [1.54, 1.807) is 18.2 Å². The topological polar surface area (TPSA) is 35.0 Å². The third-order valence-electron chi connectivity index (χ3n) is 3.47. The number of nitrogens with zero attached hydrogens (tertiary/aromatic N) is 2. The first-order valence-corrected chi connectivity index (χ1v) is 8.90. The van der Waals surface area contributed by atoms with Gasteiger partial charge < -0.3 is 4.74 Å². The molecule has 0 atom stereocenters. The van der Waals surface area contributed by atoms with Crippen LogP contribution >= 0.6 is 11.8 Å². The molecule has 134 valence electrons. The van der Waals surface area contributed by atoms with Gasteiger partial charge in [-0.3, -0.25) is 0 Å². The molecule has 0 aliphatic heterocycles. The van der Waals surface area contributed by atoms with E-state index >= 15 is 0 Å². The SMILES string of the molecule is CCc1cc(Oc2cccc(F)c2)nc(SCc2ccc(F)c(F)c2)n1. The van der Waals surface area contributed by atoms with Crippen LogP contribution in [0.2, 0.25) is 0 Å². The summed E-state index contributed by atoms with van der Waals surface area (Å²) in [6.45, 7) is 1.94. The van der Waals surface area contributed by atoms with Crippen LogP contribution in [0.1, 0.15) is 18.2 Å². The number of halogens is 3. The zero-order chi connectivity index (χ0) is 18.5. The van der Waals surface area contributed by atoms with Crippen LogP contribution in [0.3, 0.4) is 0 Å². The fraction of sp³-hybridized carbons (Fsp3) is 0.158. The van der Waals surface area contributed by atoms with Gasteiger partial charge in [-0.05, 0) is 36.2 Å². The lowest BCUT2D eigenvalue weighted by Crippen LogP contribution is -1.98. The van der Waals surface area contributed by atoms with Gasteiger partial charge in [-0.25, -0.2) is 18.2 Å². The Bertz CT molecular complexity index is 921. The van der Waals surface area contributed by atoms with Crippen molar-refractivity contribution in [3.05, 3.63) is 77.2 Å². The van der Waals surface area contributed by atoms with E-state index in [2.05, 4.69) is 9.97 Å². The molecule has 1 heterocycles. The van der Waals surface area contributed by atoms with Crippen LogP contribution in [-0.4, -0.2) is 9.97 Å². The number of thioether (sulfide) groups is 1. The number of rotatable bonds is 6. The van der Waals surface area contributed by atoms with Gasteiger partial charge in [-0.1, -0.05) is 30.8 Å². The predicted molar refractivity (Wildman–Crippen MR) is 93.8 cm³/mol. The van der Waals surface area contributed by atoms with Gasteiger partial charge in [0.1, 0.15) is 11.6 Å². The summed E-state index contributed by atoms with van der Waals surface area (Å²) in [4.78, 5) is 8.70. The highest BCUT2D eigenvalue weighted by Gasteiger charge is 2.09. The minimum atomic E-state index is -0.888. The van der Waals surface area contributed by atoms with Crippen molar-refractivity contribution in [2.75, 3.05) is 0 Å². The highest BCUT2D eigenvalue weighted by atomic mass is 32.2. The summed E-state index contributed by atoms with van der Waals surface area (Å²) < 4.78 is 45.2. The number of benzene rings is 2. The van der Waals surface area contributed by atoms with E-state index in [4.69, 9.17) is 4.74 Å². The van der Waals surface area contributed by atoms with Gasteiger partial charge in [0.05, 0.1) is 0 Å². The largest absolute Gasteiger partial charge is 0.439 e. The molecule has 0 amide bonds. The minimum Gasteiger partial charge on any atom is -0.439 e. The zero-order valence-corrected chi connectivity index (χ0v) is 14.7. The second-order valence-corrected chi connectivity index (χ2v) is 6.37. The van der Waals surface area contributed by atoms with Gasteiger partial charge in [-0.15, -0.1) is 0 Å². The third-order valence-corrected chi connectivity index (χ3v) is 4.39. The highest BCUT2D eigenvalue weighted by Crippen LogP contribution is 2.26. The number of hydrogen-bond donors (Lipinski definition) is 0. The van der Waals surface area contributed by atoms with Crippen molar-refractivity contribution in [3.63, 3.8) is 0 Å². The van der Waals surface area contributed by atoms with Gasteiger partial charge in [-0.2, -0.15) is 4.98 Å². The average molecular weight is 376 g/mol. The molecule has 0 aliphatic rings. The number of aromatic nitrogens is 2. The van der Waals surface area contributed by atoms with Gasteiger partial charge in [0.2, 0.25) is 5.88 Å². The number of ether oxygens (including phenoxy) is 1. The van der Waals surface area contributed by atoms with E-state index in [1.165, 1.54) is 30.0 Å². The Morgan fingerprint density at radius 2 is 1.81 bits per heavy atom. The van der Waals surface area contributed by atoms with Gasteiger partial charge >= 0.3 is 0 Å². The highest BCUT2D eigenvalue weighted by molar-refractivity contribution is 7.98. The van der Waals surface area contributed by atoms with Crippen molar-refractivity contribution in [1.82, 2.24) is 9.97 Å². The first kappa shape index (κ1) is 18.3. The molecule has 0 aliphatic carbocycles. The van der Waals surface area contributed by atoms with Gasteiger partial charge in [0.15, 0.2) is 16.8 Å². The molecule has 0 bridgehead atoms. The van der Waals surface area contributed by atoms with E-state index in [0.717, 1.165) is 17.8 Å². The van der Waals surface area contributed by atoms with E-state index in [1.807, 2.05) is 6.92 Å². The molecular weight excluding hydrogens is 361 g/mol. The monoisotopic (exact) mass is 376 g/mol. The van der Waals surface area contributed by atoms with E-state index in [-0.39, 0.29) is 0 Å². The van der Waals surface area contributed by atoms with E-state index in [9.17, 15) is 13.2 Å². The molecule has 26 heavy (non-hydrogen) atoms. The van der Waals surface area contributed by atoms with Crippen LogP contribution in [0.5, 0.6) is 11.6 Å². The lowest BCUT2D eigenvalue weighted by atomic mass is 10.2. The number of aryl methyl sites for hydroxylation is 1. The summed E-state index contributed by atoms with van der Waals surface area (Å²) in [5.41, 5.74) is 1.38. The van der Waals surface area contributed by atoms with Crippen molar-refractivity contribution in [2.24, 2.45) is 0 Å². The molecule has 0 saturated heterocycles.